The highest BCUT2D eigenvalue weighted by Gasteiger charge is 2.39. The number of hydrogen-bond donors (Lipinski definition) is 0. The van der Waals surface area contributed by atoms with Gasteiger partial charge in [0.15, 0.2) is 28.8 Å². The Bertz CT molecular complexity index is 1520. The van der Waals surface area contributed by atoms with E-state index < -0.39 is 5.92 Å². The van der Waals surface area contributed by atoms with Gasteiger partial charge in [-0.2, -0.15) is 0 Å². The molecule has 186 valence electrons. The molecule has 4 heterocycles. The number of ether oxygens (including phenoxy) is 7. The maximum absolute atomic E-state index is 13.3. The number of methoxy groups -OCH3 is 1. The molecular formula is C28H20O9. The summed E-state index contributed by atoms with van der Waals surface area (Å²) in [5.74, 6) is 2.61. The number of carbonyl (C=O) groups is 2. The van der Waals surface area contributed by atoms with Gasteiger partial charge in [0.25, 0.3) is 0 Å². The quantitative estimate of drug-likeness (QED) is 0.297. The summed E-state index contributed by atoms with van der Waals surface area (Å²) in [7, 11) is 1.54. The van der Waals surface area contributed by atoms with Gasteiger partial charge in [-0.05, 0) is 53.6 Å². The minimum Gasteiger partial charge on any atom is -0.493 e. The van der Waals surface area contributed by atoms with Crippen molar-refractivity contribution in [1.29, 1.82) is 0 Å². The van der Waals surface area contributed by atoms with Gasteiger partial charge in [0.2, 0.25) is 18.3 Å². The van der Waals surface area contributed by atoms with Gasteiger partial charge in [-0.1, -0.05) is 6.07 Å². The van der Waals surface area contributed by atoms with Crippen LogP contribution in [-0.4, -0.2) is 38.9 Å². The van der Waals surface area contributed by atoms with E-state index in [2.05, 4.69) is 0 Å². The van der Waals surface area contributed by atoms with Gasteiger partial charge in [0.1, 0.15) is 24.7 Å². The SMILES string of the molecule is COc1cc(C2CC(=O)Oc3ccc4c(c32)O/C(=C\c2ccc3c(c2)OCCO3)C4=O)cc2c1OCO2. The normalized spacial score (nSPS) is 19.7. The fourth-order valence-electron chi connectivity index (χ4n) is 5.04. The maximum atomic E-state index is 13.3. The van der Waals surface area contributed by atoms with E-state index in [-0.39, 0.29) is 30.7 Å². The standard InChI is InChI=1S/C28H20O9/c1-31-22-10-15(11-23-28(22)35-13-34-23)17-12-24(29)36-19-5-3-16-26(30)21(37-27(16)25(17)19)9-14-2-4-18-20(8-14)33-7-6-32-18/h2-5,8-11,17H,6-7,12-13H2,1H3/b21-9-. The fourth-order valence-corrected chi connectivity index (χ4v) is 5.04. The number of benzene rings is 3. The van der Waals surface area contributed by atoms with Gasteiger partial charge in [0, 0.05) is 11.5 Å². The van der Waals surface area contributed by atoms with Crippen molar-refractivity contribution in [3.05, 3.63) is 70.5 Å². The van der Waals surface area contributed by atoms with Crippen molar-refractivity contribution in [2.75, 3.05) is 27.1 Å². The number of fused-ring (bicyclic) bond motifs is 5. The zero-order valence-corrected chi connectivity index (χ0v) is 19.7. The van der Waals surface area contributed by atoms with Crippen LogP contribution in [0.1, 0.15) is 39.4 Å². The molecular weight excluding hydrogens is 480 g/mol. The average molecular weight is 500 g/mol. The zero-order valence-electron chi connectivity index (χ0n) is 19.7. The topological polar surface area (TPSA) is 98.8 Å². The number of allylic oxidation sites excluding steroid dienone is 1. The van der Waals surface area contributed by atoms with Crippen LogP contribution in [-0.2, 0) is 4.79 Å². The lowest BCUT2D eigenvalue weighted by Gasteiger charge is -2.26. The van der Waals surface area contributed by atoms with E-state index in [0.29, 0.717) is 64.6 Å². The molecule has 1 atom stereocenters. The molecule has 9 nitrogen and oxygen atoms in total. The van der Waals surface area contributed by atoms with E-state index in [1.165, 1.54) is 0 Å². The lowest BCUT2D eigenvalue weighted by molar-refractivity contribution is -0.135. The number of carbonyl (C=O) groups excluding carboxylic acids is 2. The Balaban J connectivity index is 1.30. The van der Waals surface area contributed by atoms with E-state index in [1.807, 2.05) is 18.2 Å². The van der Waals surface area contributed by atoms with Crippen LogP contribution in [0.2, 0.25) is 0 Å². The first-order valence-corrected chi connectivity index (χ1v) is 11.8. The zero-order chi connectivity index (χ0) is 25.1. The molecule has 1 unspecified atom stereocenters. The van der Waals surface area contributed by atoms with Crippen LogP contribution in [0.25, 0.3) is 6.08 Å². The molecule has 0 aromatic heterocycles. The third-order valence-electron chi connectivity index (χ3n) is 6.73. The van der Waals surface area contributed by atoms with Crippen LogP contribution in [0.5, 0.6) is 40.2 Å². The summed E-state index contributed by atoms with van der Waals surface area (Å²) >= 11 is 0. The molecule has 0 N–H and O–H groups in total. The third kappa shape index (κ3) is 3.46. The maximum Gasteiger partial charge on any atom is 0.312 e. The van der Waals surface area contributed by atoms with Crippen molar-refractivity contribution in [2.45, 2.75) is 12.3 Å². The van der Waals surface area contributed by atoms with E-state index >= 15 is 0 Å². The molecule has 4 aliphatic rings. The first-order chi connectivity index (χ1) is 18.1. The van der Waals surface area contributed by atoms with Crippen molar-refractivity contribution in [3.63, 3.8) is 0 Å². The van der Waals surface area contributed by atoms with Gasteiger partial charge in [0.05, 0.1) is 19.1 Å². The van der Waals surface area contributed by atoms with Gasteiger partial charge < -0.3 is 33.2 Å². The summed E-state index contributed by atoms with van der Waals surface area (Å²) in [5, 5.41) is 0. The molecule has 0 fully saturated rings. The Kier molecular flexibility index (Phi) is 4.78. The minimum absolute atomic E-state index is 0.0605. The number of Topliss-reactive ketones (excluding diaryl/α,β-unsaturated/α-hetero) is 1. The van der Waals surface area contributed by atoms with Gasteiger partial charge >= 0.3 is 5.97 Å². The van der Waals surface area contributed by atoms with Crippen molar-refractivity contribution >= 4 is 17.8 Å². The fraction of sp³-hybridized carbons (Fsp3) is 0.214. The summed E-state index contributed by atoms with van der Waals surface area (Å²) in [6.07, 6.45) is 1.73. The van der Waals surface area contributed by atoms with Gasteiger partial charge in [-0.3, -0.25) is 9.59 Å². The number of hydrogen-bond acceptors (Lipinski definition) is 9. The van der Waals surface area contributed by atoms with E-state index in [0.717, 1.165) is 11.1 Å². The molecule has 0 aliphatic carbocycles. The first kappa shape index (κ1) is 21.6. The van der Waals surface area contributed by atoms with Crippen LogP contribution in [0.3, 0.4) is 0 Å². The van der Waals surface area contributed by atoms with E-state index in [1.54, 1.807) is 37.5 Å². The second-order valence-electron chi connectivity index (χ2n) is 8.88. The second kappa shape index (κ2) is 8.19. The van der Waals surface area contributed by atoms with Crippen LogP contribution in [0.15, 0.2) is 48.2 Å². The highest BCUT2D eigenvalue weighted by atomic mass is 16.7. The van der Waals surface area contributed by atoms with Crippen molar-refractivity contribution in [1.82, 2.24) is 0 Å². The van der Waals surface area contributed by atoms with E-state index in [4.69, 9.17) is 33.2 Å². The second-order valence-corrected chi connectivity index (χ2v) is 8.88. The Morgan fingerprint density at radius 3 is 2.54 bits per heavy atom. The molecule has 7 rings (SSSR count). The Hall–Kier alpha value is -4.66. The summed E-state index contributed by atoms with van der Waals surface area (Å²) in [4.78, 5) is 25.9. The highest BCUT2D eigenvalue weighted by molar-refractivity contribution is 6.15. The Morgan fingerprint density at radius 2 is 1.68 bits per heavy atom. The van der Waals surface area contributed by atoms with Crippen molar-refractivity contribution in [3.8, 4) is 40.2 Å². The van der Waals surface area contributed by atoms with Crippen molar-refractivity contribution in [2.24, 2.45) is 0 Å². The van der Waals surface area contributed by atoms with Crippen LogP contribution >= 0.6 is 0 Å². The lowest BCUT2D eigenvalue weighted by atomic mass is 9.84. The summed E-state index contributed by atoms with van der Waals surface area (Å²) < 4.78 is 39.5. The average Bonchev–Trinajstić information content (AvgIpc) is 3.52. The molecule has 0 saturated carbocycles. The molecule has 3 aromatic carbocycles. The van der Waals surface area contributed by atoms with Gasteiger partial charge in [-0.25, -0.2) is 0 Å². The molecule has 4 aliphatic heterocycles. The smallest absolute Gasteiger partial charge is 0.312 e. The molecule has 0 spiro atoms. The molecule has 37 heavy (non-hydrogen) atoms. The monoisotopic (exact) mass is 500 g/mol. The molecule has 9 heteroatoms. The molecule has 0 amide bonds. The number of rotatable bonds is 3. The highest BCUT2D eigenvalue weighted by Crippen LogP contribution is 2.52. The van der Waals surface area contributed by atoms with E-state index in [9.17, 15) is 9.59 Å². The van der Waals surface area contributed by atoms with Crippen LogP contribution < -0.4 is 33.2 Å². The largest absolute Gasteiger partial charge is 0.493 e. The number of esters is 1. The minimum atomic E-state index is -0.448. The lowest BCUT2D eigenvalue weighted by Crippen LogP contribution is -2.21. The van der Waals surface area contributed by atoms with Crippen LogP contribution in [0.4, 0.5) is 0 Å². The summed E-state index contributed by atoms with van der Waals surface area (Å²) in [6.45, 7) is 1.04. The predicted octanol–water partition coefficient (Wildman–Crippen LogP) is 4.25. The molecule has 3 aromatic rings. The first-order valence-electron chi connectivity index (χ1n) is 11.8. The summed E-state index contributed by atoms with van der Waals surface area (Å²) in [5.41, 5.74) is 2.51. The van der Waals surface area contributed by atoms with Crippen LogP contribution in [0, 0.1) is 0 Å². The predicted molar refractivity (Wildman–Crippen MR) is 128 cm³/mol. The number of ketones is 1. The van der Waals surface area contributed by atoms with Crippen molar-refractivity contribution < 1.29 is 42.7 Å². The molecule has 0 radical (unpaired) electrons. The van der Waals surface area contributed by atoms with Gasteiger partial charge in [-0.15, -0.1) is 0 Å². The molecule has 0 saturated heterocycles. The summed E-state index contributed by atoms with van der Waals surface area (Å²) in [6, 6.07) is 12.3. The third-order valence-corrected chi connectivity index (χ3v) is 6.73. The Labute approximate surface area is 211 Å². The Morgan fingerprint density at radius 1 is 0.838 bits per heavy atom. The molecule has 0 bridgehead atoms.